The summed E-state index contributed by atoms with van der Waals surface area (Å²) in [6.07, 6.45) is 0. The first kappa shape index (κ1) is 14.4. The van der Waals surface area contributed by atoms with Crippen LogP contribution in [0.4, 0.5) is 0 Å². The second-order valence-electron chi connectivity index (χ2n) is 4.40. The summed E-state index contributed by atoms with van der Waals surface area (Å²) in [5.41, 5.74) is 1.51. The van der Waals surface area contributed by atoms with Crippen molar-refractivity contribution >= 4 is 11.6 Å². The van der Waals surface area contributed by atoms with E-state index in [0.717, 1.165) is 5.56 Å². The molecular weight excluding hydrogens is 272 g/mol. The molecule has 102 valence electrons. The van der Waals surface area contributed by atoms with Crippen LogP contribution in [0.2, 0.25) is 5.02 Å². The van der Waals surface area contributed by atoms with Crippen molar-refractivity contribution in [3.8, 4) is 17.6 Å². The molecule has 0 aliphatic carbocycles. The van der Waals surface area contributed by atoms with E-state index in [1.165, 1.54) is 0 Å². The molecule has 1 N–H and O–H groups in total. The highest BCUT2D eigenvalue weighted by molar-refractivity contribution is 6.31. The summed E-state index contributed by atoms with van der Waals surface area (Å²) in [5.74, 6) is 1.14. The third kappa shape index (κ3) is 3.11. The normalized spacial score (nSPS) is 11.7. The average Bonchev–Trinajstić information content (AvgIpc) is 2.47. The molecule has 0 saturated carbocycles. The molecule has 0 saturated heterocycles. The maximum absolute atomic E-state index is 9.04. The Kier molecular flexibility index (Phi) is 4.62. The fourth-order valence-corrected chi connectivity index (χ4v) is 2.19. The van der Waals surface area contributed by atoms with Crippen molar-refractivity contribution in [3.63, 3.8) is 0 Å². The van der Waals surface area contributed by atoms with E-state index >= 15 is 0 Å². The predicted molar refractivity (Wildman–Crippen MR) is 80.2 cm³/mol. The molecule has 1 unspecified atom stereocenters. The van der Waals surface area contributed by atoms with Crippen LogP contribution in [0.15, 0.2) is 42.5 Å². The van der Waals surface area contributed by atoms with E-state index in [1.807, 2.05) is 32.2 Å². The van der Waals surface area contributed by atoms with Crippen molar-refractivity contribution in [1.29, 1.82) is 5.26 Å². The molecule has 0 heterocycles. The highest BCUT2D eigenvalue weighted by Gasteiger charge is 2.10. The third-order valence-electron chi connectivity index (χ3n) is 3.11. The minimum Gasteiger partial charge on any atom is -0.456 e. The molecule has 0 aromatic heterocycles. The van der Waals surface area contributed by atoms with Gasteiger partial charge in [-0.2, -0.15) is 5.26 Å². The minimum atomic E-state index is 0.169. The topological polar surface area (TPSA) is 45.0 Å². The highest BCUT2D eigenvalue weighted by Crippen LogP contribution is 2.30. The van der Waals surface area contributed by atoms with Crippen LogP contribution in [0.1, 0.15) is 24.1 Å². The summed E-state index contributed by atoms with van der Waals surface area (Å²) in [4.78, 5) is 0. The number of nitrogens with zero attached hydrogens (tertiary/aromatic N) is 1. The number of hydrogen-bond acceptors (Lipinski definition) is 3. The van der Waals surface area contributed by atoms with Crippen molar-refractivity contribution in [2.45, 2.75) is 13.0 Å². The quantitative estimate of drug-likeness (QED) is 0.912. The lowest BCUT2D eigenvalue weighted by Gasteiger charge is -2.14. The predicted octanol–water partition coefficient (Wildman–Crippen LogP) is 4.28. The summed E-state index contributed by atoms with van der Waals surface area (Å²) in [6.45, 7) is 2.03. The molecular formula is C16H15ClN2O. The van der Waals surface area contributed by atoms with Crippen molar-refractivity contribution in [3.05, 3.63) is 58.6 Å². The number of hydrogen-bond donors (Lipinski definition) is 1. The lowest BCUT2D eigenvalue weighted by Crippen LogP contribution is -2.12. The van der Waals surface area contributed by atoms with Crippen LogP contribution in [0.3, 0.4) is 0 Å². The average molecular weight is 287 g/mol. The zero-order chi connectivity index (χ0) is 14.5. The van der Waals surface area contributed by atoms with Crippen molar-refractivity contribution in [2.75, 3.05) is 7.05 Å². The van der Waals surface area contributed by atoms with E-state index < -0.39 is 0 Å². The fraction of sp³-hybridized carbons (Fsp3) is 0.188. The standard InChI is InChI=1S/C16H15ClN2O/c1-11(19-2)14-8-7-13(9-15(14)17)20-16-6-4-3-5-12(16)10-18/h3-9,11,19H,1-2H3. The van der Waals surface area contributed by atoms with Crippen LogP contribution in [0.25, 0.3) is 0 Å². The molecule has 0 bridgehead atoms. The number of nitrogens with one attached hydrogen (secondary N) is 1. The van der Waals surface area contributed by atoms with Crippen molar-refractivity contribution in [2.24, 2.45) is 0 Å². The molecule has 3 nitrogen and oxygen atoms in total. The van der Waals surface area contributed by atoms with Crippen LogP contribution in [-0.4, -0.2) is 7.05 Å². The maximum Gasteiger partial charge on any atom is 0.145 e. The molecule has 2 aromatic rings. The van der Waals surface area contributed by atoms with Crippen LogP contribution in [0, 0.1) is 11.3 Å². The molecule has 1 atom stereocenters. The van der Waals surface area contributed by atoms with E-state index in [0.29, 0.717) is 22.1 Å². The Morgan fingerprint density at radius 2 is 2.00 bits per heavy atom. The Bertz CT molecular complexity index is 649. The third-order valence-corrected chi connectivity index (χ3v) is 3.43. The van der Waals surface area contributed by atoms with Crippen LogP contribution in [-0.2, 0) is 0 Å². The van der Waals surface area contributed by atoms with Gasteiger partial charge in [0.05, 0.1) is 5.56 Å². The monoisotopic (exact) mass is 286 g/mol. The molecule has 2 rings (SSSR count). The molecule has 0 spiro atoms. The zero-order valence-electron chi connectivity index (χ0n) is 11.4. The second-order valence-corrected chi connectivity index (χ2v) is 4.81. The van der Waals surface area contributed by atoms with Gasteiger partial charge in [0.25, 0.3) is 0 Å². The molecule has 4 heteroatoms. The van der Waals surface area contributed by atoms with Gasteiger partial charge in [0, 0.05) is 11.1 Å². The number of rotatable bonds is 4. The number of ether oxygens (including phenoxy) is 1. The number of nitriles is 1. The lowest BCUT2D eigenvalue weighted by atomic mass is 10.1. The summed E-state index contributed by atoms with van der Waals surface area (Å²) in [5, 5.41) is 12.8. The van der Waals surface area contributed by atoms with Gasteiger partial charge in [-0.15, -0.1) is 0 Å². The van der Waals surface area contributed by atoms with Crippen LogP contribution in [0.5, 0.6) is 11.5 Å². The Morgan fingerprint density at radius 1 is 1.25 bits per heavy atom. The molecule has 0 radical (unpaired) electrons. The van der Waals surface area contributed by atoms with Crippen molar-refractivity contribution < 1.29 is 4.74 Å². The Labute approximate surface area is 123 Å². The van der Waals surface area contributed by atoms with E-state index in [9.17, 15) is 0 Å². The van der Waals surface area contributed by atoms with Gasteiger partial charge in [0.1, 0.15) is 17.6 Å². The number of halogens is 1. The van der Waals surface area contributed by atoms with E-state index in [2.05, 4.69) is 11.4 Å². The number of benzene rings is 2. The van der Waals surface area contributed by atoms with Crippen molar-refractivity contribution in [1.82, 2.24) is 5.32 Å². The smallest absolute Gasteiger partial charge is 0.145 e. The SMILES string of the molecule is CNC(C)c1ccc(Oc2ccccc2C#N)cc1Cl. The molecule has 0 fully saturated rings. The van der Waals surface area contributed by atoms with Gasteiger partial charge in [-0.05, 0) is 43.8 Å². The Hall–Kier alpha value is -2.02. The first-order valence-electron chi connectivity index (χ1n) is 6.29. The first-order chi connectivity index (χ1) is 9.65. The summed E-state index contributed by atoms with van der Waals surface area (Å²) in [7, 11) is 1.88. The number of para-hydroxylation sites is 1. The van der Waals surface area contributed by atoms with Gasteiger partial charge >= 0.3 is 0 Å². The van der Waals surface area contributed by atoms with Crippen LogP contribution >= 0.6 is 11.6 Å². The minimum absolute atomic E-state index is 0.169. The maximum atomic E-state index is 9.04. The molecule has 0 amide bonds. The lowest BCUT2D eigenvalue weighted by molar-refractivity contribution is 0.480. The van der Waals surface area contributed by atoms with Gasteiger partial charge in [-0.25, -0.2) is 0 Å². The van der Waals surface area contributed by atoms with E-state index in [-0.39, 0.29) is 6.04 Å². The van der Waals surface area contributed by atoms with Gasteiger partial charge < -0.3 is 10.1 Å². The first-order valence-corrected chi connectivity index (χ1v) is 6.67. The zero-order valence-corrected chi connectivity index (χ0v) is 12.1. The van der Waals surface area contributed by atoms with E-state index in [1.54, 1.807) is 24.3 Å². The Balaban J connectivity index is 2.27. The molecule has 20 heavy (non-hydrogen) atoms. The summed E-state index contributed by atoms with van der Waals surface area (Å²) < 4.78 is 5.72. The molecule has 0 aliphatic rings. The summed E-state index contributed by atoms with van der Waals surface area (Å²) >= 11 is 6.26. The summed E-state index contributed by atoms with van der Waals surface area (Å²) in [6, 6.07) is 14.9. The van der Waals surface area contributed by atoms with Crippen LogP contribution < -0.4 is 10.1 Å². The van der Waals surface area contributed by atoms with Gasteiger partial charge in [-0.3, -0.25) is 0 Å². The second kappa shape index (κ2) is 6.42. The Morgan fingerprint density at radius 3 is 2.65 bits per heavy atom. The van der Waals surface area contributed by atoms with E-state index in [4.69, 9.17) is 21.6 Å². The van der Waals surface area contributed by atoms with Gasteiger partial charge in [-0.1, -0.05) is 29.8 Å². The van der Waals surface area contributed by atoms with Gasteiger partial charge in [0.2, 0.25) is 0 Å². The fourth-order valence-electron chi connectivity index (χ4n) is 1.85. The molecule has 0 aliphatic heterocycles. The largest absolute Gasteiger partial charge is 0.456 e. The highest BCUT2D eigenvalue weighted by atomic mass is 35.5. The molecule has 2 aromatic carbocycles. The van der Waals surface area contributed by atoms with Gasteiger partial charge in [0.15, 0.2) is 0 Å².